The minimum atomic E-state index is -1.11. The molecule has 2 rings (SSSR count). The number of piperidine rings is 1. The Kier molecular flexibility index (Phi) is 3.14. The maximum Gasteiger partial charge on any atom is 0.338 e. The Hall–Kier alpha value is -1.82. The Morgan fingerprint density at radius 3 is 2.88 bits per heavy atom. The van der Waals surface area contributed by atoms with E-state index in [9.17, 15) is 9.59 Å². The second-order valence-corrected chi connectivity index (χ2v) is 4.16. The van der Waals surface area contributed by atoms with Gasteiger partial charge in [0.2, 0.25) is 0 Å². The number of carbonyl (C=O) groups excluding carboxylic acids is 1. The Morgan fingerprint density at radius 1 is 1.53 bits per heavy atom. The van der Waals surface area contributed by atoms with Crippen molar-refractivity contribution in [3.05, 3.63) is 23.7 Å². The fourth-order valence-corrected chi connectivity index (χ4v) is 1.91. The predicted octanol–water partition coefficient (Wildman–Crippen LogP) is 0.541. The number of nitrogens with two attached hydrogens (primary N) is 1. The zero-order valence-corrected chi connectivity index (χ0v) is 9.26. The molecule has 17 heavy (non-hydrogen) atoms. The highest BCUT2D eigenvalue weighted by atomic mass is 16.4. The third kappa shape index (κ3) is 2.47. The van der Waals surface area contributed by atoms with Crippen molar-refractivity contribution in [2.75, 3.05) is 13.1 Å². The largest absolute Gasteiger partial charge is 0.478 e. The van der Waals surface area contributed by atoms with Crippen LogP contribution in [0.1, 0.15) is 33.8 Å². The molecule has 1 atom stereocenters. The van der Waals surface area contributed by atoms with Crippen molar-refractivity contribution in [3.8, 4) is 0 Å². The van der Waals surface area contributed by atoms with Gasteiger partial charge in [0.05, 0.1) is 5.56 Å². The molecule has 1 aromatic heterocycles. The lowest BCUT2D eigenvalue weighted by Crippen LogP contribution is -2.45. The number of hydrogen-bond donors (Lipinski definition) is 2. The minimum absolute atomic E-state index is 0.0124. The summed E-state index contributed by atoms with van der Waals surface area (Å²) in [6.45, 7) is 1.12. The molecule has 3 N–H and O–H groups in total. The van der Waals surface area contributed by atoms with Crippen molar-refractivity contribution in [1.29, 1.82) is 0 Å². The van der Waals surface area contributed by atoms with Crippen molar-refractivity contribution in [1.82, 2.24) is 4.90 Å². The van der Waals surface area contributed by atoms with Gasteiger partial charge in [0.15, 0.2) is 5.76 Å². The van der Waals surface area contributed by atoms with Crippen molar-refractivity contribution >= 4 is 11.9 Å². The molecule has 1 fully saturated rings. The third-order valence-electron chi connectivity index (χ3n) is 2.80. The number of furan rings is 1. The predicted molar refractivity (Wildman–Crippen MR) is 58.8 cm³/mol. The maximum absolute atomic E-state index is 12.0. The van der Waals surface area contributed by atoms with Gasteiger partial charge in [-0.25, -0.2) is 4.79 Å². The molecule has 2 heterocycles. The number of rotatable bonds is 2. The van der Waals surface area contributed by atoms with E-state index in [4.69, 9.17) is 15.3 Å². The van der Waals surface area contributed by atoms with E-state index in [1.165, 1.54) is 6.07 Å². The first kappa shape index (κ1) is 11.7. The van der Waals surface area contributed by atoms with Gasteiger partial charge in [-0.2, -0.15) is 0 Å². The highest BCUT2D eigenvalue weighted by Gasteiger charge is 2.25. The summed E-state index contributed by atoms with van der Waals surface area (Å²) in [7, 11) is 0. The minimum Gasteiger partial charge on any atom is -0.478 e. The summed E-state index contributed by atoms with van der Waals surface area (Å²) in [5.74, 6) is -1.35. The normalized spacial score (nSPS) is 20.3. The Balaban J connectivity index is 2.10. The summed E-state index contributed by atoms with van der Waals surface area (Å²) in [4.78, 5) is 24.2. The molecule has 0 saturated carbocycles. The van der Waals surface area contributed by atoms with Crippen LogP contribution in [0.15, 0.2) is 16.7 Å². The van der Waals surface area contributed by atoms with Crippen molar-refractivity contribution in [2.24, 2.45) is 5.73 Å². The summed E-state index contributed by atoms with van der Waals surface area (Å²) < 4.78 is 4.96. The molecule has 0 radical (unpaired) electrons. The molecule has 1 unspecified atom stereocenters. The number of carboxylic acid groups (broad SMARTS) is 1. The molecule has 6 heteroatoms. The SMILES string of the molecule is NC1CCCN(C(=O)c2cc(C(=O)O)co2)C1. The van der Waals surface area contributed by atoms with Gasteiger partial charge in [-0.1, -0.05) is 0 Å². The van der Waals surface area contributed by atoms with Crippen LogP contribution in [0.2, 0.25) is 0 Å². The number of hydrogen-bond acceptors (Lipinski definition) is 4. The van der Waals surface area contributed by atoms with Gasteiger partial charge in [0.25, 0.3) is 5.91 Å². The summed E-state index contributed by atoms with van der Waals surface area (Å²) in [5, 5.41) is 8.73. The first-order valence-electron chi connectivity index (χ1n) is 5.44. The highest BCUT2D eigenvalue weighted by Crippen LogP contribution is 2.15. The lowest BCUT2D eigenvalue weighted by molar-refractivity contribution is 0.0673. The van der Waals surface area contributed by atoms with E-state index >= 15 is 0 Å². The first-order valence-corrected chi connectivity index (χ1v) is 5.44. The molecular formula is C11H14N2O4. The van der Waals surface area contributed by atoms with Crippen LogP contribution in [-0.4, -0.2) is 41.0 Å². The van der Waals surface area contributed by atoms with E-state index in [1.54, 1.807) is 4.90 Å². The van der Waals surface area contributed by atoms with Crippen LogP contribution in [0.3, 0.4) is 0 Å². The second kappa shape index (κ2) is 4.58. The van der Waals surface area contributed by atoms with Crippen LogP contribution in [0.5, 0.6) is 0 Å². The molecule has 0 aliphatic carbocycles. The van der Waals surface area contributed by atoms with E-state index in [-0.39, 0.29) is 23.3 Å². The van der Waals surface area contributed by atoms with Crippen molar-refractivity contribution in [2.45, 2.75) is 18.9 Å². The lowest BCUT2D eigenvalue weighted by atomic mass is 10.1. The van der Waals surface area contributed by atoms with Gasteiger partial charge < -0.3 is 20.2 Å². The Morgan fingerprint density at radius 2 is 2.29 bits per heavy atom. The van der Waals surface area contributed by atoms with Gasteiger partial charge in [-0.05, 0) is 12.8 Å². The molecule has 0 aromatic carbocycles. The fourth-order valence-electron chi connectivity index (χ4n) is 1.91. The third-order valence-corrected chi connectivity index (χ3v) is 2.80. The molecule has 6 nitrogen and oxygen atoms in total. The van der Waals surface area contributed by atoms with E-state index in [2.05, 4.69) is 0 Å². The van der Waals surface area contributed by atoms with Crippen LogP contribution in [-0.2, 0) is 0 Å². The molecular weight excluding hydrogens is 224 g/mol. The Bertz CT molecular complexity index is 440. The summed E-state index contributed by atoms with van der Waals surface area (Å²) >= 11 is 0. The van der Waals surface area contributed by atoms with Gasteiger partial charge >= 0.3 is 5.97 Å². The van der Waals surface area contributed by atoms with Gasteiger partial charge in [-0.15, -0.1) is 0 Å². The van der Waals surface area contributed by atoms with E-state index in [0.717, 1.165) is 19.1 Å². The molecule has 92 valence electrons. The zero-order valence-electron chi connectivity index (χ0n) is 9.26. The number of nitrogens with zero attached hydrogens (tertiary/aromatic N) is 1. The van der Waals surface area contributed by atoms with Crippen LogP contribution in [0.4, 0.5) is 0 Å². The van der Waals surface area contributed by atoms with Gasteiger partial charge in [-0.3, -0.25) is 4.79 Å². The summed E-state index contributed by atoms with van der Waals surface area (Å²) in [5.41, 5.74) is 5.76. The molecule has 1 aromatic rings. The maximum atomic E-state index is 12.0. The van der Waals surface area contributed by atoms with E-state index in [1.807, 2.05) is 0 Å². The average Bonchev–Trinajstić information content (AvgIpc) is 2.77. The number of amides is 1. The number of likely N-dealkylation sites (tertiary alicyclic amines) is 1. The van der Waals surface area contributed by atoms with E-state index in [0.29, 0.717) is 13.1 Å². The monoisotopic (exact) mass is 238 g/mol. The number of aromatic carboxylic acids is 1. The topological polar surface area (TPSA) is 96.8 Å². The fraction of sp³-hybridized carbons (Fsp3) is 0.455. The lowest BCUT2D eigenvalue weighted by Gasteiger charge is -2.29. The standard InChI is InChI=1S/C11H14N2O4/c12-8-2-1-3-13(5-8)10(14)9-4-7(6-17-9)11(15)16/h4,6,8H,1-3,5,12H2,(H,15,16). The number of carboxylic acids is 1. The van der Waals surface area contributed by atoms with Crippen LogP contribution < -0.4 is 5.73 Å². The smallest absolute Gasteiger partial charge is 0.338 e. The van der Waals surface area contributed by atoms with Crippen molar-refractivity contribution < 1.29 is 19.1 Å². The number of carbonyl (C=O) groups is 2. The van der Waals surface area contributed by atoms with Crippen LogP contribution in [0, 0.1) is 0 Å². The summed E-state index contributed by atoms with van der Waals surface area (Å²) in [6.07, 6.45) is 2.83. The molecule has 1 amide bonds. The second-order valence-electron chi connectivity index (χ2n) is 4.16. The highest BCUT2D eigenvalue weighted by molar-refractivity contribution is 5.95. The van der Waals surface area contributed by atoms with Crippen molar-refractivity contribution in [3.63, 3.8) is 0 Å². The van der Waals surface area contributed by atoms with Gasteiger partial charge in [0, 0.05) is 25.2 Å². The van der Waals surface area contributed by atoms with E-state index < -0.39 is 5.97 Å². The van der Waals surface area contributed by atoms with Gasteiger partial charge in [0.1, 0.15) is 6.26 Å². The molecule has 1 saturated heterocycles. The quantitative estimate of drug-likeness (QED) is 0.783. The molecule has 1 aliphatic heterocycles. The Labute approximate surface area is 98.0 Å². The van der Waals surface area contributed by atoms with Crippen LogP contribution >= 0.6 is 0 Å². The summed E-state index contributed by atoms with van der Waals surface area (Å²) in [6, 6.07) is 1.23. The average molecular weight is 238 g/mol. The zero-order chi connectivity index (χ0) is 12.4. The first-order chi connectivity index (χ1) is 8.08. The molecule has 1 aliphatic rings. The molecule has 0 bridgehead atoms. The molecule has 0 spiro atoms. The van der Waals surface area contributed by atoms with Crippen LogP contribution in [0.25, 0.3) is 0 Å².